The molecule has 13 heteroatoms. The number of aliphatic hydroxyl groups is 4. The van der Waals surface area contributed by atoms with Gasteiger partial charge in [-0.2, -0.15) is 0 Å². The van der Waals surface area contributed by atoms with E-state index in [2.05, 4.69) is 25.7 Å². The molecule has 1 aromatic heterocycles. The van der Waals surface area contributed by atoms with Gasteiger partial charge in [0.2, 0.25) is 24.0 Å². The van der Waals surface area contributed by atoms with Crippen LogP contribution in [0.4, 0.5) is 0 Å². The molecule has 13 nitrogen and oxygen atoms in total. The highest BCUT2D eigenvalue weighted by Gasteiger charge is 2.45. The number of hydrogen-bond donors (Lipinski definition) is 7. The predicted octanol–water partition coefficient (Wildman–Crippen LogP) is 0.588. The van der Waals surface area contributed by atoms with Crippen molar-refractivity contribution >= 4 is 11.8 Å². The van der Waals surface area contributed by atoms with E-state index in [9.17, 15) is 30.0 Å². The van der Waals surface area contributed by atoms with E-state index in [-0.39, 0.29) is 23.6 Å². The number of benzene rings is 1. The third-order valence-corrected chi connectivity index (χ3v) is 7.88. The van der Waals surface area contributed by atoms with E-state index in [0.717, 1.165) is 35.3 Å². The summed E-state index contributed by atoms with van der Waals surface area (Å²) >= 11 is 0. The van der Waals surface area contributed by atoms with E-state index in [1.807, 2.05) is 52.2 Å². The molecule has 45 heavy (non-hydrogen) atoms. The molecule has 0 radical (unpaired) electrons. The Morgan fingerprint density at radius 2 is 1.73 bits per heavy atom. The van der Waals surface area contributed by atoms with Gasteiger partial charge in [0.25, 0.3) is 0 Å². The Hall–Kier alpha value is -3.07. The first-order chi connectivity index (χ1) is 21.2. The molecule has 2 amide bonds. The van der Waals surface area contributed by atoms with Crippen LogP contribution in [0.3, 0.4) is 0 Å². The molecule has 252 valence electrons. The van der Waals surface area contributed by atoms with E-state index >= 15 is 0 Å². The van der Waals surface area contributed by atoms with Crippen LogP contribution in [0.5, 0.6) is 5.88 Å². The van der Waals surface area contributed by atoms with Crippen LogP contribution in [0.25, 0.3) is 0 Å². The average molecular weight is 634 g/mol. The summed E-state index contributed by atoms with van der Waals surface area (Å²) in [5.41, 5.74) is 2.66. The van der Waals surface area contributed by atoms with Crippen LogP contribution in [0, 0.1) is 0 Å². The largest absolute Gasteiger partial charge is 0.443 e. The topological polar surface area (TPSA) is 190 Å². The molecule has 0 unspecified atom stereocenters. The van der Waals surface area contributed by atoms with Gasteiger partial charge in [0.1, 0.15) is 30.0 Å². The summed E-state index contributed by atoms with van der Waals surface area (Å²) in [7, 11) is 3.96. The zero-order chi connectivity index (χ0) is 33.3. The predicted molar refractivity (Wildman–Crippen MR) is 168 cm³/mol. The summed E-state index contributed by atoms with van der Waals surface area (Å²) in [6, 6.07) is 8.00. The van der Waals surface area contributed by atoms with Gasteiger partial charge in [-0.1, -0.05) is 38.1 Å². The molecule has 0 spiro atoms. The van der Waals surface area contributed by atoms with Crippen molar-refractivity contribution in [2.75, 3.05) is 33.8 Å². The Kier molecular flexibility index (Phi) is 13.3. The Morgan fingerprint density at radius 3 is 2.36 bits per heavy atom. The zero-order valence-electron chi connectivity index (χ0n) is 27.2. The van der Waals surface area contributed by atoms with Gasteiger partial charge in [-0.05, 0) is 70.8 Å². The number of H-pyrrole nitrogens is 1. The molecular formula is C32H51N5O8. The Labute approximate surface area is 265 Å². The van der Waals surface area contributed by atoms with E-state index in [0.29, 0.717) is 32.2 Å². The highest BCUT2D eigenvalue weighted by molar-refractivity contribution is 5.90. The third-order valence-electron chi connectivity index (χ3n) is 7.88. The summed E-state index contributed by atoms with van der Waals surface area (Å²) in [4.78, 5) is 27.2. The van der Waals surface area contributed by atoms with Gasteiger partial charge in [0, 0.05) is 30.6 Å². The molecule has 5 atom stereocenters. The number of aromatic nitrogens is 2. The van der Waals surface area contributed by atoms with Crippen LogP contribution < -0.4 is 15.4 Å². The molecule has 3 rings (SSSR count). The lowest BCUT2D eigenvalue weighted by atomic mass is 9.97. The quantitative estimate of drug-likeness (QED) is 0.129. The normalized spacial score (nSPS) is 22.1. The molecule has 2 heterocycles. The number of amides is 2. The summed E-state index contributed by atoms with van der Waals surface area (Å²) in [6.07, 6.45) is -4.10. The molecule has 1 aliphatic heterocycles. The molecule has 2 aromatic rings. The van der Waals surface area contributed by atoms with E-state index in [4.69, 9.17) is 9.47 Å². The standard InChI is InChI=1S/C32H51N5O8/c1-19(2)25-22(29(36-35-25)45-30-28(42)27(41)26(40)23(18-38)44-30)17-21-13-11-20(12-14-21)9-7-10-24(39)34-32(3,4)31(43)33-15-8-16-37(5)6/h11-14,19,23,26-28,30,38,40-42H,7-10,15-18H2,1-6H3,(H,33,43)(H,34,39)(H,35,36)/t23-,26-,27+,28-,30+/m1/s1. The Bertz CT molecular complexity index is 1230. The van der Waals surface area contributed by atoms with Crippen LogP contribution in [0.1, 0.15) is 75.3 Å². The lowest BCUT2D eigenvalue weighted by molar-refractivity contribution is -0.278. The molecule has 1 fully saturated rings. The number of carbonyl (C=O) groups excluding carboxylic acids is 2. The van der Waals surface area contributed by atoms with Gasteiger partial charge >= 0.3 is 0 Å². The third kappa shape index (κ3) is 10.2. The fraction of sp³-hybridized carbons (Fsp3) is 0.656. The Morgan fingerprint density at radius 1 is 1.07 bits per heavy atom. The summed E-state index contributed by atoms with van der Waals surface area (Å²) in [5.74, 6) is -0.0918. The summed E-state index contributed by atoms with van der Waals surface area (Å²) < 4.78 is 11.4. The van der Waals surface area contributed by atoms with E-state index in [1.54, 1.807) is 13.8 Å². The highest BCUT2D eigenvalue weighted by Crippen LogP contribution is 2.31. The van der Waals surface area contributed by atoms with E-state index < -0.39 is 42.9 Å². The zero-order valence-corrected chi connectivity index (χ0v) is 27.2. The second kappa shape index (κ2) is 16.5. The fourth-order valence-electron chi connectivity index (χ4n) is 5.15. The number of hydrogen-bond acceptors (Lipinski definition) is 10. The van der Waals surface area contributed by atoms with Crippen LogP contribution in [0.2, 0.25) is 0 Å². The maximum Gasteiger partial charge on any atom is 0.245 e. The molecule has 7 N–H and O–H groups in total. The first-order valence-electron chi connectivity index (χ1n) is 15.6. The first kappa shape index (κ1) is 36.4. The minimum Gasteiger partial charge on any atom is -0.443 e. The van der Waals surface area contributed by atoms with Crippen LogP contribution in [-0.4, -0.2) is 117 Å². The molecule has 1 aliphatic rings. The number of nitrogens with zero attached hydrogens (tertiary/aromatic N) is 2. The van der Waals surface area contributed by atoms with Crippen molar-refractivity contribution in [2.24, 2.45) is 0 Å². The van der Waals surface area contributed by atoms with Crippen molar-refractivity contribution in [2.45, 2.75) is 102 Å². The van der Waals surface area contributed by atoms with Gasteiger partial charge < -0.3 is 45.4 Å². The lowest BCUT2D eigenvalue weighted by Gasteiger charge is -2.39. The number of aryl methyl sites for hydroxylation is 1. The van der Waals surface area contributed by atoms with Crippen LogP contribution in [0.15, 0.2) is 24.3 Å². The Balaban J connectivity index is 1.55. The van der Waals surface area contributed by atoms with E-state index in [1.165, 1.54) is 0 Å². The van der Waals surface area contributed by atoms with Gasteiger partial charge in [-0.3, -0.25) is 14.7 Å². The first-order valence-corrected chi connectivity index (χ1v) is 15.6. The van der Waals surface area contributed by atoms with Crippen LogP contribution >= 0.6 is 0 Å². The number of nitrogens with one attached hydrogen (secondary N) is 3. The van der Waals surface area contributed by atoms with Crippen molar-refractivity contribution < 1.29 is 39.5 Å². The van der Waals surface area contributed by atoms with Crippen molar-refractivity contribution in [3.8, 4) is 5.88 Å². The smallest absolute Gasteiger partial charge is 0.245 e. The number of ether oxygens (including phenoxy) is 2. The fourth-order valence-corrected chi connectivity index (χ4v) is 5.15. The number of rotatable bonds is 16. The van der Waals surface area contributed by atoms with Gasteiger partial charge in [-0.15, -0.1) is 5.10 Å². The SMILES string of the molecule is CC(C)c1[nH]nc(O[C@@H]2O[C@H](CO)[C@@H](O)[C@H](O)[C@H]2O)c1Cc1ccc(CCCC(=O)NC(C)(C)C(=O)NCCCN(C)C)cc1. The second-order valence-corrected chi connectivity index (χ2v) is 12.8. The molecular weight excluding hydrogens is 582 g/mol. The maximum absolute atomic E-state index is 12.6. The average Bonchev–Trinajstić information content (AvgIpc) is 3.38. The van der Waals surface area contributed by atoms with Crippen molar-refractivity contribution in [3.63, 3.8) is 0 Å². The molecule has 0 aliphatic carbocycles. The number of aliphatic hydroxyl groups excluding tert-OH is 4. The summed E-state index contributed by atoms with van der Waals surface area (Å²) in [6.45, 7) is 8.29. The lowest BCUT2D eigenvalue weighted by Crippen LogP contribution is -2.60. The van der Waals surface area contributed by atoms with Crippen molar-refractivity contribution in [1.29, 1.82) is 0 Å². The monoisotopic (exact) mass is 633 g/mol. The number of aromatic amines is 1. The molecule has 1 saturated heterocycles. The van der Waals surface area contributed by atoms with Gasteiger partial charge in [0.05, 0.1) is 6.61 Å². The summed E-state index contributed by atoms with van der Waals surface area (Å²) in [5, 5.41) is 53.2. The van der Waals surface area contributed by atoms with Gasteiger partial charge in [-0.25, -0.2) is 0 Å². The van der Waals surface area contributed by atoms with Gasteiger partial charge in [0.15, 0.2) is 0 Å². The van der Waals surface area contributed by atoms with Crippen LogP contribution in [-0.2, 0) is 27.2 Å². The number of carbonyl (C=O) groups is 2. The molecule has 1 aromatic carbocycles. The molecule has 0 bridgehead atoms. The minimum absolute atomic E-state index is 0.0872. The maximum atomic E-state index is 12.6. The second-order valence-electron chi connectivity index (χ2n) is 12.8. The highest BCUT2D eigenvalue weighted by atomic mass is 16.7. The molecule has 0 saturated carbocycles. The minimum atomic E-state index is -1.56. The van der Waals surface area contributed by atoms with Crippen molar-refractivity contribution in [1.82, 2.24) is 25.7 Å². The van der Waals surface area contributed by atoms with Crippen molar-refractivity contribution in [3.05, 3.63) is 46.6 Å².